The van der Waals surface area contributed by atoms with Gasteiger partial charge in [-0.05, 0) is 31.4 Å². The lowest BCUT2D eigenvalue weighted by Gasteiger charge is -2.15. The SMILES string of the molecule is Cc1ccc(F)cc1Oc1nc(N)nc(N2CCCC2)n1. The summed E-state index contributed by atoms with van der Waals surface area (Å²) in [6, 6.07) is 4.39. The number of hydrogen-bond donors (Lipinski definition) is 1. The van der Waals surface area contributed by atoms with E-state index in [9.17, 15) is 4.39 Å². The van der Waals surface area contributed by atoms with Crippen LogP contribution in [0.3, 0.4) is 0 Å². The Morgan fingerprint density at radius 3 is 2.71 bits per heavy atom. The van der Waals surface area contributed by atoms with Gasteiger partial charge in [-0.15, -0.1) is 0 Å². The highest BCUT2D eigenvalue weighted by Gasteiger charge is 2.17. The lowest BCUT2D eigenvalue weighted by Crippen LogP contribution is -2.21. The molecule has 3 rings (SSSR count). The summed E-state index contributed by atoms with van der Waals surface area (Å²) in [6.45, 7) is 3.60. The summed E-state index contributed by atoms with van der Waals surface area (Å²) < 4.78 is 18.9. The van der Waals surface area contributed by atoms with Crippen LogP contribution in [0.25, 0.3) is 0 Å². The first-order chi connectivity index (χ1) is 10.1. The Bertz CT molecular complexity index is 658. The molecular weight excluding hydrogens is 273 g/mol. The smallest absolute Gasteiger partial charge is 0.328 e. The predicted molar refractivity (Wildman–Crippen MR) is 76.9 cm³/mol. The number of benzene rings is 1. The minimum Gasteiger partial charge on any atom is -0.424 e. The fourth-order valence-corrected chi connectivity index (χ4v) is 2.25. The molecule has 7 heteroatoms. The standard InChI is InChI=1S/C14H16FN5O/c1-9-4-5-10(15)8-11(9)21-14-18-12(16)17-13(19-14)20-6-2-3-7-20/h4-5,8H,2-3,6-7H2,1H3,(H2,16,17,18,19). The highest BCUT2D eigenvalue weighted by molar-refractivity contribution is 5.39. The number of aromatic nitrogens is 3. The van der Waals surface area contributed by atoms with Crippen molar-refractivity contribution in [2.75, 3.05) is 23.7 Å². The molecule has 0 amide bonds. The Morgan fingerprint density at radius 2 is 1.95 bits per heavy atom. The zero-order valence-corrected chi connectivity index (χ0v) is 11.7. The molecule has 1 saturated heterocycles. The summed E-state index contributed by atoms with van der Waals surface area (Å²) in [5.74, 6) is 0.588. The van der Waals surface area contributed by atoms with Crippen LogP contribution in [0, 0.1) is 12.7 Å². The average Bonchev–Trinajstić information content (AvgIpc) is 2.96. The van der Waals surface area contributed by atoms with Gasteiger partial charge in [-0.25, -0.2) is 4.39 Å². The lowest BCUT2D eigenvalue weighted by molar-refractivity contribution is 0.433. The van der Waals surface area contributed by atoms with E-state index in [0.717, 1.165) is 31.5 Å². The molecule has 1 aromatic carbocycles. The molecule has 110 valence electrons. The molecule has 0 aliphatic carbocycles. The number of anilines is 2. The number of nitrogens with zero attached hydrogens (tertiary/aromatic N) is 4. The van der Waals surface area contributed by atoms with E-state index in [1.165, 1.54) is 12.1 Å². The maximum absolute atomic E-state index is 13.3. The van der Waals surface area contributed by atoms with Crippen LogP contribution in [0.15, 0.2) is 18.2 Å². The highest BCUT2D eigenvalue weighted by atomic mass is 19.1. The van der Waals surface area contributed by atoms with Crippen LogP contribution in [0.2, 0.25) is 0 Å². The molecule has 2 heterocycles. The molecular formula is C14H16FN5O. The first-order valence-corrected chi connectivity index (χ1v) is 6.82. The van der Waals surface area contributed by atoms with Crippen molar-refractivity contribution in [3.8, 4) is 11.8 Å². The molecule has 1 fully saturated rings. The lowest BCUT2D eigenvalue weighted by atomic mass is 10.2. The molecule has 0 unspecified atom stereocenters. The minimum atomic E-state index is -0.377. The molecule has 0 atom stereocenters. The summed E-state index contributed by atoms with van der Waals surface area (Å²) in [5.41, 5.74) is 6.50. The van der Waals surface area contributed by atoms with Gasteiger partial charge >= 0.3 is 6.01 Å². The zero-order valence-electron chi connectivity index (χ0n) is 11.7. The molecule has 1 aromatic heterocycles. The van der Waals surface area contributed by atoms with Crippen LogP contribution in [0.1, 0.15) is 18.4 Å². The van der Waals surface area contributed by atoms with Gasteiger partial charge in [0, 0.05) is 19.2 Å². The van der Waals surface area contributed by atoms with E-state index in [2.05, 4.69) is 15.0 Å². The quantitative estimate of drug-likeness (QED) is 0.934. The molecule has 0 spiro atoms. The molecule has 1 aliphatic heterocycles. The van der Waals surface area contributed by atoms with Crippen LogP contribution < -0.4 is 15.4 Å². The Labute approximate surface area is 121 Å². The van der Waals surface area contributed by atoms with Crippen LogP contribution in [-0.2, 0) is 0 Å². The van der Waals surface area contributed by atoms with Crippen LogP contribution in [0.4, 0.5) is 16.3 Å². The van der Waals surface area contributed by atoms with Gasteiger partial charge in [-0.2, -0.15) is 15.0 Å². The van der Waals surface area contributed by atoms with Crippen molar-refractivity contribution in [2.45, 2.75) is 19.8 Å². The van der Waals surface area contributed by atoms with Crippen molar-refractivity contribution in [3.63, 3.8) is 0 Å². The van der Waals surface area contributed by atoms with Gasteiger partial charge < -0.3 is 15.4 Å². The normalized spacial score (nSPS) is 14.5. The van der Waals surface area contributed by atoms with E-state index < -0.39 is 0 Å². The van der Waals surface area contributed by atoms with E-state index in [1.807, 2.05) is 11.8 Å². The fraction of sp³-hybridized carbons (Fsp3) is 0.357. The maximum Gasteiger partial charge on any atom is 0.328 e. The number of hydrogen-bond acceptors (Lipinski definition) is 6. The second-order valence-electron chi connectivity index (χ2n) is 4.98. The van der Waals surface area contributed by atoms with Gasteiger partial charge in [0.25, 0.3) is 0 Å². The van der Waals surface area contributed by atoms with E-state index in [1.54, 1.807) is 6.07 Å². The van der Waals surface area contributed by atoms with Crippen LogP contribution >= 0.6 is 0 Å². The largest absolute Gasteiger partial charge is 0.424 e. The third-order valence-corrected chi connectivity index (χ3v) is 3.36. The minimum absolute atomic E-state index is 0.0816. The van der Waals surface area contributed by atoms with E-state index in [4.69, 9.17) is 10.5 Å². The van der Waals surface area contributed by atoms with Gasteiger partial charge in [0.15, 0.2) is 0 Å². The predicted octanol–water partition coefficient (Wildman–Crippen LogP) is 2.29. The van der Waals surface area contributed by atoms with Crippen molar-refractivity contribution in [2.24, 2.45) is 0 Å². The maximum atomic E-state index is 13.3. The Morgan fingerprint density at radius 1 is 1.19 bits per heavy atom. The Kier molecular flexibility index (Phi) is 3.55. The fourth-order valence-electron chi connectivity index (χ4n) is 2.25. The molecule has 2 N–H and O–H groups in total. The second kappa shape index (κ2) is 5.51. The van der Waals surface area contributed by atoms with Gasteiger partial charge in [0.05, 0.1) is 0 Å². The number of ether oxygens (including phenoxy) is 1. The third kappa shape index (κ3) is 3.01. The summed E-state index contributed by atoms with van der Waals surface area (Å²) in [7, 11) is 0. The summed E-state index contributed by atoms with van der Waals surface area (Å²) >= 11 is 0. The first kappa shape index (κ1) is 13.5. The molecule has 0 saturated carbocycles. The van der Waals surface area contributed by atoms with Gasteiger partial charge in [-0.3, -0.25) is 0 Å². The highest BCUT2D eigenvalue weighted by Crippen LogP contribution is 2.25. The second-order valence-corrected chi connectivity index (χ2v) is 4.98. The molecule has 6 nitrogen and oxygen atoms in total. The van der Waals surface area contributed by atoms with Crippen molar-refractivity contribution < 1.29 is 9.13 Å². The van der Waals surface area contributed by atoms with Gasteiger partial charge in [0.1, 0.15) is 11.6 Å². The topological polar surface area (TPSA) is 77.2 Å². The number of aryl methyl sites for hydroxylation is 1. The van der Waals surface area contributed by atoms with E-state index >= 15 is 0 Å². The van der Waals surface area contributed by atoms with Crippen LogP contribution in [0.5, 0.6) is 11.8 Å². The van der Waals surface area contributed by atoms with Crippen molar-refractivity contribution >= 4 is 11.9 Å². The Hall–Kier alpha value is -2.44. The van der Waals surface area contributed by atoms with Gasteiger partial charge in [-0.1, -0.05) is 6.07 Å². The zero-order chi connectivity index (χ0) is 14.8. The average molecular weight is 289 g/mol. The molecule has 1 aliphatic rings. The summed E-state index contributed by atoms with van der Waals surface area (Å²) in [5, 5.41) is 0. The third-order valence-electron chi connectivity index (χ3n) is 3.36. The van der Waals surface area contributed by atoms with E-state index in [0.29, 0.717) is 11.7 Å². The number of halogens is 1. The Balaban J connectivity index is 1.89. The van der Waals surface area contributed by atoms with Crippen molar-refractivity contribution in [1.82, 2.24) is 15.0 Å². The van der Waals surface area contributed by atoms with Crippen LogP contribution in [-0.4, -0.2) is 28.0 Å². The number of rotatable bonds is 3. The molecule has 21 heavy (non-hydrogen) atoms. The summed E-state index contributed by atoms with van der Waals surface area (Å²) in [4.78, 5) is 14.4. The first-order valence-electron chi connectivity index (χ1n) is 6.82. The molecule has 0 radical (unpaired) electrons. The van der Waals surface area contributed by atoms with Crippen molar-refractivity contribution in [3.05, 3.63) is 29.6 Å². The number of nitrogens with two attached hydrogens (primary N) is 1. The molecule has 2 aromatic rings. The van der Waals surface area contributed by atoms with E-state index in [-0.39, 0.29) is 17.8 Å². The summed E-state index contributed by atoms with van der Waals surface area (Å²) in [6.07, 6.45) is 2.20. The number of nitrogen functional groups attached to an aromatic ring is 1. The molecule has 0 bridgehead atoms. The monoisotopic (exact) mass is 289 g/mol. The van der Waals surface area contributed by atoms with Gasteiger partial charge in [0.2, 0.25) is 11.9 Å². The van der Waals surface area contributed by atoms with Crippen molar-refractivity contribution in [1.29, 1.82) is 0 Å².